The molecule has 3 rings (SSSR count). The van der Waals surface area contributed by atoms with Gasteiger partial charge in [0.05, 0.1) is 0 Å². The van der Waals surface area contributed by atoms with Gasteiger partial charge in [-0.3, -0.25) is 14.5 Å². The van der Waals surface area contributed by atoms with Crippen LogP contribution in [-0.2, 0) is 0 Å². The van der Waals surface area contributed by atoms with E-state index < -0.39 is 0 Å². The molecule has 2 N–H and O–H groups in total. The first-order valence-electron chi connectivity index (χ1n) is 8.18. The first kappa shape index (κ1) is 17.1. The van der Waals surface area contributed by atoms with E-state index in [1.165, 1.54) is 24.3 Å². The van der Waals surface area contributed by atoms with Gasteiger partial charge in [0.2, 0.25) is 0 Å². The Balaban J connectivity index is 1.40. The van der Waals surface area contributed by atoms with Gasteiger partial charge in [-0.1, -0.05) is 0 Å². The monoisotopic (exact) mass is 345 g/mol. The van der Waals surface area contributed by atoms with Crippen LogP contribution in [0, 0.1) is 5.82 Å². The standard InChI is InChI=1S/C17H20FN5O2/c18-13-1-3-14(4-2-13)23-11-9-22(10-12-23)8-7-19-17(25)15-5-6-16(24)21-20-15/h1-6H,7-12H2,(H,19,25)(H,21,24). The van der Waals surface area contributed by atoms with Crippen molar-refractivity contribution in [2.24, 2.45) is 0 Å². The van der Waals surface area contributed by atoms with E-state index in [9.17, 15) is 14.0 Å². The van der Waals surface area contributed by atoms with Gasteiger partial charge < -0.3 is 10.2 Å². The maximum absolute atomic E-state index is 13.0. The highest BCUT2D eigenvalue weighted by Gasteiger charge is 2.17. The summed E-state index contributed by atoms with van der Waals surface area (Å²) in [6, 6.07) is 9.21. The number of carbonyl (C=O) groups excluding carboxylic acids is 1. The van der Waals surface area contributed by atoms with Crippen molar-refractivity contribution in [2.75, 3.05) is 44.2 Å². The number of H-pyrrole nitrogens is 1. The number of piperazine rings is 1. The van der Waals surface area contributed by atoms with Gasteiger partial charge >= 0.3 is 0 Å². The summed E-state index contributed by atoms with van der Waals surface area (Å²) < 4.78 is 13.0. The van der Waals surface area contributed by atoms with Crippen molar-refractivity contribution in [1.29, 1.82) is 0 Å². The summed E-state index contributed by atoms with van der Waals surface area (Å²) in [5.41, 5.74) is 0.884. The Morgan fingerprint density at radius 1 is 1.12 bits per heavy atom. The van der Waals surface area contributed by atoms with Crippen LogP contribution in [0.1, 0.15) is 10.5 Å². The molecule has 0 radical (unpaired) electrons. The van der Waals surface area contributed by atoms with E-state index in [1.807, 2.05) is 0 Å². The molecule has 1 aromatic carbocycles. The minimum Gasteiger partial charge on any atom is -0.369 e. The molecule has 1 saturated heterocycles. The molecule has 132 valence electrons. The van der Waals surface area contributed by atoms with E-state index in [1.54, 1.807) is 12.1 Å². The van der Waals surface area contributed by atoms with Crippen LogP contribution >= 0.6 is 0 Å². The van der Waals surface area contributed by atoms with Crippen LogP contribution in [0.4, 0.5) is 10.1 Å². The van der Waals surface area contributed by atoms with E-state index in [0.717, 1.165) is 38.4 Å². The van der Waals surface area contributed by atoms with E-state index in [4.69, 9.17) is 0 Å². The molecule has 25 heavy (non-hydrogen) atoms. The normalized spacial score (nSPS) is 15.2. The third-order valence-corrected chi connectivity index (χ3v) is 4.19. The molecular weight excluding hydrogens is 325 g/mol. The Labute approximate surface area is 144 Å². The number of benzene rings is 1. The van der Waals surface area contributed by atoms with Crippen molar-refractivity contribution >= 4 is 11.6 Å². The summed E-state index contributed by atoms with van der Waals surface area (Å²) >= 11 is 0. The van der Waals surface area contributed by atoms with Crippen molar-refractivity contribution < 1.29 is 9.18 Å². The van der Waals surface area contributed by atoms with Gasteiger partial charge in [0.25, 0.3) is 11.5 Å². The number of rotatable bonds is 5. The fourth-order valence-corrected chi connectivity index (χ4v) is 2.77. The number of aromatic nitrogens is 2. The second-order valence-electron chi connectivity index (χ2n) is 5.87. The lowest BCUT2D eigenvalue weighted by Gasteiger charge is -2.36. The third kappa shape index (κ3) is 4.63. The summed E-state index contributed by atoms with van der Waals surface area (Å²) in [6.45, 7) is 4.74. The molecule has 0 aliphatic carbocycles. The molecule has 0 saturated carbocycles. The molecule has 0 unspecified atom stereocenters. The number of nitrogens with zero attached hydrogens (tertiary/aromatic N) is 3. The summed E-state index contributed by atoms with van der Waals surface area (Å²) in [6.07, 6.45) is 0. The molecule has 1 aromatic heterocycles. The third-order valence-electron chi connectivity index (χ3n) is 4.19. The number of hydrogen-bond acceptors (Lipinski definition) is 5. The molecule has 1 fully saturated rings. The van der Waals surface area contributed by atoms with Gasteiger partial charge in [-0.25, -0.2) is 9.49 Å². The van der Waals surface area contributed by atoms with E-state index >= 15 is 0 Å². The molecule has 0 spiro atoms. The Kier molecular flexibility index (Phi) is 5.39. The molecule has 0 atom stereocenters. The SMILES string of the molecule is O=C(NCCN1CCN(c2ccc(F)cc2)CC1)c1ccc(=O)[nH]n1. The zero-order chi connectivity index (χ0) is 17.6. The smallest absolute Gasteiger partial charge is 0.271 e. The van der Waals surface area contributed by atoms with E-state index in [0.29, 0.717) is 6.54 Å². The number of anilines is 1. The highest BCUT2D eigenvalue weighted by Crippen LogP contribution is 2.16. The maximum Gasteiger partial charge on any atom is 0.271 e. The van der Waals surface area contributed by atoms with E-state index in [-0.39, 0.29) is 23.0 Å². The quantitative estimate of drug-likeness (QED) is 0.823. The molecule has 1 aliphatic heterocycles. The average molecular weight is 345 g/mol. The molecule has 0 bridgehead atoms. The number of carbonyl (C=O) groups is 1. The topological polar surface area (TPSA) is 81.3 Å². The molecule has 8 heteroatoms. The lowest BCUT2D eigenvalue weighted by atomic mass is 10.2. The highest BCUT2D eigenvalue weighted by molar-refractivity contribution is 5.91. The predicted octanol–water partition coefficient (Wildman–Crippen LogP) is 0.461. The largest absolute Gasteiger partial charge is 0.369 e. The minimum atomic E-state index is -0.337. The zero-order valence-electron chi connectivity index (χ0n) is 13.7. The van der Waals surface area contributed by atoms with Crippen LogP contribution in [0.3, 0.4) is 0 Å². The van der Waals surface area contributed by atoms with Crippen molar-refractivity contribution in [3.05, 3.63) is 58.3 Å². The molecule has 1 aliphatic rings. The van der Waals surface area contributed by atoms with Crippen LogP contribution in [0.15, 0.2) is 41.2 Å². The summed E-state index contributed by atoms with van der Waals surface area (Å²) in [4.78, 5) is 27.3. The first-order valence-corrected chi connectivity index (χ1v) is 8.18. The lowest BCUT2D eigenvalue weighted by molar-refractivity contribution is 0.0941. The van der Waals surface area contributed by atoms with Crippen molar-refractivity contribution in [2.45, 2.75) is 0 Å². The fourth-order valence-electron chi connectivity index (χ4n) is 2.77. The van der Waals surface area contributed by atoms with Gasteiger partial charge in [-0.2, -0.15) is 5.10 Å². The number of halogens is 1. The van der Waals surface area contributed by atoms with Crippen molar-refractivity contribution in [3.8, 4) is 0 Å². The number of amides is 1. The fraction of sp³-hybridized carbons (Fsp3) is 0.353. The Morgan fingerprint density at radius 3 is 2.48 bits per heavy atom. The number of aromatic amines is 1. The first-order chi connectivity index (χ1) is 12.1. The van der Waals surface area contributed by atoms with Crippen LogP contribution in [0.25, 0.3) is 0 Å². The van der Waals surface area contributed by atoms with Gasteiger partial charge in [-0.15, -0.1) is 0 Å². The lowest BCUT2D eigenvalue weighted by Crippen LogP contribution is -2.48. The number of nitrogens with one attached hydrogen (secondary N) is 2. The highest BCUT2D eigenvalue weighted by atomic mass is 19.1. The Morgan fingerprint density at radius 2 is 1.84 bits per heavy atom. The average Bonchev–Trinajstić information content (AvgIpc) is 2.63. The van der Waals surface area contributed by atoms with Gasteiger partial charge in [0.1, 0.15) is 11.5 Å². The predicted molar refractivity (Wildman–Crippen MR) is 92.2 cm³/mol. The molecule has 2 aromatic rings. The molecular formula is C17H20FN5O2. The van der Waals surface area contributed by atoms with Crippen LogP contribution in [0.2, 0.25) is 0 Å². The van der Waals surface area contributed by atoms with Crippen LogP contribution in [-0.4, -0.2) is 60.3 Å². The van der Waals surface area contributed by atoms with Gasteiger partial charge in [0, 0.05) is 51.0 Å². The van der Waals surface area contributed by atoms with Crippen molar-refractivity contribution in [1.82, 2.24) is 20.4 Å². The number of hydrogen-bond donors (Lipinski definition) is 2. The Bertz CT molecular complexity index is 749. The van der Waals surface area contributed by atoms with Gasteiger partial charge in [0.15, 0.2) is 0 Å². The molecule has 2 heterocycles. The molecule has 1 amide bonds. The van der Waals surface area contributed by atoms with Crippen LogP contribution in [0.5, 0.6) is 0 Å². The summed E-state index contributed by atoms with van der Waals surface area (Å²) in [5.74, 6) is -0.531. The van der Waals surface area contributed by atoms with Crippen molar-refractivity contribution in [3.63, 3.8) is 0 Å². The maximum atomic E-state index is 13.0. The second kappa shape index (κ2) is 7.89. The zero-order valence-corrected chi connectivity index (χ0v) is 13.7. The van der Waals surface area contributed by atoms with Crippen LogP contribution < -0.4 is 15.8 Å². The summed E-state index contributed by atoms with van der Waals surface area (Å²) in [5, 5.41) is 8.73. The molecule has 7 nitrogen and oxygen atoms in total. The Hall–Kier alpha value is -2.74. The van der Waals surface area contributed by atoms with Gasteiger partial charge in [-0.05, 0) is 30.3 Å². The summed E-state index contributed by atoms with van der Waals surface area (Å²) in [7, 11) is 0. The second-order valence-corrected chi connectivity index (χ2v) is 5.87. The van der Waals surface area contributed by atoms with E-state index in [2.05, 4.69) is 25.3 Å². The minimum absolute atomic E-state index is 0.195.